The highest BCUT2D eigenvalue weighted by atomic mass is 32.2. The highest BCUT2D eigenvalue weighted by molar-refractivity contribution is 7.86. The van der Waals surface area contributed by atoms with Crippen molar-refractivity contribution in [2.75, 3.05) is 19.8 Å². The highest BCUT2D eigenvalue weighted by Gasteiger charge is 2.48. The third-order valence-electron chi connectivity index (χ3n) is 8.46. The molecule has 236 valence electrons. The van der Waals surface area contributed by atoms with Crippen molar-refractivity contribution in [3.63, 3.8) is 0 Å². The highest BCUT2D eigenvalue weighted by Crippen LogP contribution is 2.55. The molecule has 47 heavy (non-hydrogen) atoms. The van der Waals surface area contributed by atoms with Crippen LogP contribution in [-0.2, 0) is 19.7 Å². The Labute approximate surface area is 275 Å². The van der Waals surface area contributed by atoms with Gasteiger partial charge in [0, 0.05) is 5.56 Å². The summed E-state index contributed by atoms with van der Waals surface area (Å²) in [6.45, 7) is 4.59. The molecule has 7 rings (SSSR count). The molecular formula is C39H34N2O5S. The second-order valence-electron chi connectivity index (χ2n) is 11.5. The molecule has 1 unspecified atom stereocenters. The first-order chi connectivity index (χ1) is 22.9. The molecule has 7 nitrogen and oxygen atoms in total. The molecule has 0 saturated carbocycles. The Morgan fingerprint density at radius 3 is 1.85 bits per heavy atom. The molecule has 1 atom stereocenters. The molecule has 0 radical (unpaired) electrons. The van der Waals surface area contributed by atoms with Crippen molar-refractivity contribution in [1.29, 1.82) is 0 Å². The molecule has 0 N–H and O–H groups in total. The van der Waals surface area contributed by atoms with Gasteiger partial charge >= 0.3 is 0 Å². The Balaban J connectivity index is 1.24. The number of aryl methyl sites for hydroxylation is 1. The van der Waals surface area contributed by atoms with E-state index in [1.54, 1.807) is 24.3 Å². The van der Waals surface area contributed by atoms with Gasteiger partial charge in [0.25, 0.3) is 10.1 Å². The third-order valence-corrected chi connectivity index (χ3v) is 9.79. The van der Waals surface area contributed by atoms with Crippen molar-refractivity contribution < 1.29 is 22.1 Å². The molecule has 5 aromatic carbocycles. The fourth-order valence-corrected chi connectivity index (χ4v) is 7.14. The zero-order valence-electron chi connectivity index (χ0n) is 26.2. The first-order valence-electron chi connectivity index (χ1n) is 15.7. The van der Waals surface area contributed by atoms with Crippen LogP contribution in [0.5, 0.6) is 11.5 Å². The predicted octanol–water partition coefficient (Wildman–Crippen LogP) is 7.87. The average Bonchev–Trinajstić information content (AvgIpc) is 3.39. The minimum atomic E-state index is -3.87. The van der Waals surface area contributed by atoms with Gasteiger partial charge in [0.15, 0.2) is 0 Å². The largest absolute Gasteiger partial charge is 0.494 e. The molecule has 1 aliphatic rings. The molecule has 1 aliphatic carbocycles. The maximum absolute atomic E-state index is 12.6. The second kappa shape index (κ2) is 12.6. The van der Waals surface area contributed by atoms with Crippen LogP contribution in [0, 0.1) is 6.92 Å². The molecule has 8 heteroatoms. The lowest BCUT2D eigenvalue weighted by molar-refractivity contribution is 0.221. The summed E-state index contributed by atoms with van der Waals surface area (Å²) < 4.78 is 42.2. The van der Waals surface area contributed by atoms with Gasteiger partial charge in [0.2, 0.25) is 0 Å². The van der Waals surface area contributed by atoms with Crippen LogP contribution in [0.25, 0.3) is 22.3 Å². The van der Waals surface area contributed by atoms with Crippen LogP contribution < -0.4 is 9.47 Å². The molecule has 0 aliphatic heterocycles. The summed E-state index contributed by atoms with van der Waals surface area (Å²) in [6, 6.07) is 39.0. The van der Waals surface area contributed by atoms with Gasteiger partial charge in [-0.2, -0.15) is 8.42 Å². The maximum Gasteiger partial charge on any atom is 0.297 e. The van der Waals surface area contributed by atoms with Gasteiger partial charge in [-0.05, 0) is 78.6 Å². The third kappa shape index (κ3) is 5.64. The van der Waals surface area contributed by atoms with E-state index in [0.29, 0.717) is 12.4 Å². The summed E-state index contributed by atoms with van der Waals surface area (Å²) in [5, 5.41) is 0. The molecule has 0 saturated heterocycles. The second-order valence-corrected chi connectivity index (χ2v) is 13.2. The molecule has 1 heterocycles. The average molecular weight is 643 g/mol. The lowest BCUT2D eigenvalue weighted by Gasteiger charge is -2.32. The van der Waals surface area contributed by atoms with E-state index in [1.165, 1.54) is 0 Å². The van der Waals surface area contributed by atoms with E-state index in [1.807, 2.05) is 73.7 Å². The molecule has 0 spiro atoms. The van der Waals surface area contributed by atoms with E-state index in [2.05, 4.69) is 37.3 Å². The first-order valence-corrected chi connectivity index (χ1v) is 17.1. The van der Waals surface area contributed by atoms with Crippen molar-refractivity contribution in [3.05, 3.63) is 149 Å². The van der Waals surface area contributed by atoms with Crippen LogP contribution in [0.2, 0.25) is 0 Å². The number of fused-ring (bicyclic) bond motifs is 4. The molecule has 0 bridgehead atoms. The fraction of sp³-hybridized carbons (Fsp3) is 0.179. The van der Waals surface area contributed by atoms with Crippen LogP contribution in [0.1, 0.15) is 41.3 Å². The van der Waals surface area contributed by atoms with Crippen molar-refractivity contribution in [2.45, 2.75) is 30.6 Å². The molecule has 0 amide bonds. The number of ether oxygens (including phenoxy) is 2. The summed E-state index contributed by atoms with van der Waals surface area (Å²) >= 11 is 0. The van der Waals surface area contributed by atoms with E-state index >= 15 is 0 Å². The van der Waals surface area contributed by atoms with Crippen molar-refractivity contribution in [2.24, 2.45) is 0 Å². The van der Waals surface area contributed by atoms with E-state index in [0.717, 1.165) is 62.4 Å². The van der Waals surface area contributed by atoms with E-state index < -0.39 is 15.5 Å². The normalized spacial score (nSPS) is 15.3. The van der Waals surface area contributed by atoms with Crippen molar-refractivity contribution in [1.82, 2.24) is 9.97 Å². The van der Waals surface area contributed by atoms with Gasteiger partial charge in [-0.3, -0.25) is 4.18 Å². The summed E-state index contributed by atoms with van der Waals surface area (Å²) in [5.41, 5.74) is 7.79. The number of rotatable bonds is 11. The topological polar surface area (TPSA) is 87.6 Å². The van der Waals surface area contributed by atoms with Crippen LogP contribution in [0.15, 0.2) is 126 Å². The van der Waals surface area contributed by atoms with Crippen LogP contribution in [-0.4, -0.2) is 38.2 Å². The van der Waals surface area contributed by atoms with E-state index in [4.69, 9.17) is 23.6 Å². The minimum absolute atomic E-state index is 0.0674. The Bertz CT molecular complexity index is 2150. The van der Waals surface area contributed by atoms with Gasteiger partial charge in [-0.15, -0.1) is 0 Å². The number of aromatic nitrogens is 2. The Kier molecular flexibility index (Phi) is 8.22. The smallest absolute Gasteiger partial charge is 0.297 e. The van der Waals surface area contributed by atoms with Crippen molar-refractivity contribution in [3.8, 4) is 22.8 Å². The summed E-state index contributed by atoms with van der Waals surface area (Å²) in [5.74, 6) is 1.41. The zero-order valence-corrected chi connectivity index (χ0v) is 27.0. The summed E-state index contributed by atoms with van der Waals surface area (Å²) in [7, 11) is -3.87. The molecular weight excluding hydrogens is 609 g/mol. The monoisotopic (exact) mass is 642 g/mol. The molecule has 6 aromatic rings. The summed E-state index contributed by atoms with van der Waals surface area (Å²) in [4.78, 5) is 10.5. The summed E-state index contributed by atoms with van der Waals surface area (Å²) in [6.07, 6.45) is 0.929. The maximum atomic E-state index is 12.6. The lowest BCUT2D eigenvalue weighted by atomic mass is 9.69. The van der Waals surface area contributed by atoms with Crippen LogP contribution in [0.3, 0.4) is 0 Å². The quantitative estimate of drug-likeness (QED) is 0.105. The van der Waals surface area contributed by atoms with E-state index in [-0.39, 0.29) is 18.1 Å². The standard InChI is InChI=1S/C39H34N2O5S/c1-3-24-44-30-18-14-28(15-19-30)39(34-9-5-4-8-33(34)37-38(39)41-36-11-7-6-10-35(36)40-37)29-16-20-31(21-17-29)45-25-26-46-47(42,43)32-22-12-27(2)13-23-32/h4-23H,3,24-26H2,1-2H3. The van der Waals surface area contributed by atoms with Gasteiger partial charge in [-0.25, -0.2) is 9.97 Å². The SMILES string of the molecule is CCCOc1ccc(C2(c3ccc(OCCOS(=O)(=O)c4ccc(C)cc4)cc3)c3ccccc3-c3nc4ccccc4nc32)cc1. The van der Waals surface area contributed by atoms with Crippen LogP contribution >= 0.6 is 0 Å². The number of nitrogens with zero attached hydrogens (tertiary/aromatic N) is 2. The van der Waals surface area contributed by atoms with Gasteiger partial charge in [0.05, 0.1) is 39.3 Å². The number of hydrogen-bond donors (Lipinski definition) is 0. The number of para-hydroxylation sites is 2. The molecule has 0 fully saturated rings. The fourth-order valence-electron chi connectivity index (χ4n) is 6.24. The zero-order chi connectivity index (χ0) is 32.4. The van der Waals surface area contributed by atoms with Gasteiger partial charge in [0.1, 0.15) is 24.7 Å². The number of hydrogen-bond acceptors (Lipinski definition) is 7. The van der Waals surface area contributed by atoms with E-state index in [9.17, 15) is 8.42 Å². The predicted molar refractivity (Wildman–Crippen MR) is 182 cm³/mol. The van der Waals surface area contributed by atoms with Crippen LogP contribution in [0.4, 0.5) is 0 Å². The Morgan fingerprint density at radius 1 is 0.638 bits per heavy atom. The number of benzene rings is 5. The molecule has 1 aromatic heterocycles. The first kappa shape index (κ1) is 30.6. The van der Waals surface area contributed by atoms with Gasteiger partial charge in [-0.1, -0.05) is 85.3 Å². The minimum Gasteiger partial charge on any atom is -0.494 e. The van der Waals surface area contributed by atoms with Gasteiger partial charge < -0.3 is 9.47 Å². The Morgan fingerprint density at radius 2 is 1.21 bits per heavy atom. The Hall–Kier alpha value is -5.05. The van der Waals surface area contributed by atoms with Crippen molar-refractivity contribution >= 4 is 21.2 Å². The lowest BCUT2D eigenvalue weighted by Crippen LogP contribution is -2.29.